The molecule has 2 aliphatic heterocycles. The molecule has 0 aliphatic carbocycles. The standard InChI is InChI=1S/C18H23N5O3/c24-18(23-10-12-25-13-11-23)22-8-6-14(7-9-22)16-20-17(21-26-16)19-15-4-2-1-3-5-15/h1-5,14H,6-13H2,(H,19,21). The molecule has 1 N–H and O–H groups in total. The molecule has 138 valence electrons. The van der Waals surface area contributed by atoms with Gasteiger partial charge in [-0.3, -0.25) is 0 Å². The number of nitrogens with one attached hydrogen (secondary N) is 1. The number of para-hydroxylation sites is 1. The summed E-state index contributed by atoms with van der Waals surface area (Å²) in [7, 11) is 0. The number of hydrogen-bond acceptors (Lipinski definition) is 6. The van der Waals surface area contributed by atoms with Crippen LogP contribution in [-0.2, 0) is 4.74 Å². The van der Waals surface area contributed by atoms with Crippen molar-refractivity contribution in [3.05, 3.63) is 36.2 Å². The van der Waals surface area contributed by atoms with Crippen molar-refractivity contribution in [3.63, 3.8) is 0 Å². The lowest BCUT2D eigenvalue weighted by molar-refractivity contribution is 0.0408. The van der Waals surface area contributed by atoms with Gasteiger partial charge in [0.05, 0.1) is 13.2 Å². The summed E-state index contributed by atoms with van der Waals surface area (Å²) < 4.78 is 10.7. The number of nitrogens with zero attached hydrogens (tertiary/aromatic N) is 4. The number of hydrogen-bond donors (Lipinski definition) is 1. The van der Waals surface area contributed by atoms with E-state index in [1.54, 1.807) is 0 Å². The summed E-state index contributed by atoms with van der Waals surface area (Å²) >= 11 is 0. The second-order valence-corrected chi connectivity index (χ2v) is 6.59. The molecule has 8 heteroatoms. The van der Waals surface area contributed by atoms with E-state index < -0.39 is 0 Å². The fourth-order valence-electron chi connectivity index (χ4n) is 3.37. The minimum atomic E-state index is 0.115. The lowest BCUT2D eigenvalue weighted by Gasteiger charge is -2.36. The van der Waals surface area contributed by atoms with E-state index >= 15 is 0 Å². The van der Waals surface area contributed by atoms with E-state index in [-0.39, 0.29) is 11.9 Å². The molecule has 8 nitrogen and oxygen atoms in total. The summed E-state index contributed by atoms with van der Waals surface area (Å²) in [4.78, 5) is 20.8. The van der Waals surface area contributed by atoms with Gasteiger partial charge < -0.3 is 24.4 Å². The number of morpholine rings is 1. The summed E-state index contributed by atoms with van der Waals surface area (Å²) in [6.45, 7) is 4.03. The third-order valence-corrected chi connectivity index (χ3v) is 4.87. The molecule has 1 aromatic heterocycles. The Balaban J connectivity index is 1.31. The molecule has 2 fully saturated rings. The van der Waals surface area contributed by atoms with E-state index in [4.69, 9.17) is 9.26 Å². The molecule has 4 rings (SSSR count). The number of ether oxygens (including phenoxy) is 1. The molecule has 0 unspecified atom stereocenters. The van der Waals surface area contributed by atoms with Crippen LogP contribution in [0.2, 0.25) is 0 Å². The summed E-state index contributed by atoms with van der Waals surface area (Å²) in [6, 6.07) is 9.87. The maximum absolute atomic E-state index is 12.5. The van der Waals surface area contributed by atoms with Gasteiger partial charge in [-0.15, -0.1) is 0 Å². The molecular formula is C18H23N5O3. The van der Waals surface area contributed by atoms with Crippen LogP contribution in [0.15, 0.2) is 34.9 Å². The highest BCUT2D eigenvalue weighted by molar-refractivity contribution is 5.74. The first-order valence-corrected chi connectivity index (χ1v) is 9.07. The van der Waals surface area contributed by atoms with Crippen molar-refractivity contribution < 1.29 is 14.1 Å². The van der Waals surface area contributed by atoms with Gasteiger partial charge in [0.15, 0.2) is 0 Å². The Morgan fingerprint density at radius 2 is 1.73 bits per heavy atom. The molecule has 0 bridgehead atoms. The number of likely N-dealkylation sites (tertiary alicyclic amines) is 1. The van der Waals surface area contributed by atoms with Crippen LogP contribution in [0, 0.1) is 0 Å². The van der Waals surface area contributed by atoms with E-state index in [9.17, 15) is 4.79 Å². The van der Waals surface area contributed by atoms with E-state index in [2.05, 4.69) is 15.5 Å². The monoisotopic (exact) mass is 357 g/mol. The van der Waals surface area contributed by atoms with Crippen molar-refractivity contribution >= 4 is 17.7 Å². The Kier molecular flexibility index (Phi) is 5.01. The smallest absolute Gasteiger partial charge is 0.320 e. The number of amides is 2. The minimum Gasteiger partial charge on any atom is -0.378 e. The van der Waals surface area contributed by atoms with Gasteiger partial charge in [0, 0.05) is 37.8 Å². The SMILES string of the molecule is O=C(N1CCOCC1)N1CCC(c2nc(Nc3ccccc3)no2)CC1. The highest BCUT2D eigenvalue weighted by Crippen LogP contribution is 2.28. The first-order chi connectivity index (χ1) is 12.8. The van der Waals surface area contributed by atoms with Gasteiger partial charge in [-0.1, -0.05) is 18.2 Å². The van der Waals surface area contributed by atoms with Crippen molar-refractivity contribution in [1.82, 2.24) is 19.9 Å². The van der Waals surface area contributed by atoms with E-state index in [0.717, 1.165) is 18.5 Å². The molecule has 2 amide bonds. The van der Waals surface area contributed by atoms with E-state index in [1.165, 1.54) is 0 Å². The van der Waals surface area contributed by atoms with Crippen LogP contribution in [0.4, 0.5) is 16.4 Å². The van der Waals surface area contributed by atoms with E-state index in [0.29, 0.717) is 51.2 Å². The number of benzene rings is 1. The Morgan fingerprint density at radius 1 is 1.04 bits per heavy atom. The summed E-state index contributed by atoms with van der Waals surface area (Å²) in [5.74, 6) is 1.31. The van der Waals surface area contributed by atoms with Gasteiger partial charge in [-0.25, -0.2) is 4.79 Å². The van der Waals surface area contributed by atoms with Crippen LogP contribution in [0.1, 0.15) is 24.7 Å². The lowest BCUT2D eigenvalue weighted by Crippen LogP contribution is -2.50. The van der Waals surface area contributed by atoms with Crippen LogP contribution in [0.5, 0.6) is 0 Å². The van der Waals surface area contributed by atoms with Gasteiger partial charge in [-0.2, -0.15) is 4.98 Å². The minimum absolute atomic E-state index is 0.115. The van der Waals surface area contributed by atoms with Crippen molar-refractivity contribution in [2.45, 2.75) is 18.8 Å². The first kappa shape index (κ1) is 16.8. The quantitative estimate of drug-likeness (QED) is 0.908. The zero-order valence-electron chi connectivity index (χ0n) is 14.6. The molecule has 2 aliphatic rings. The number of urea groups is 1. The zero-order valence-corrected chi connectivity index (χ0v) is 14.6. The van der Waals surface area contributed by atoms with Crippen LogP contribution in [0.3, 0.4) is 0 Å². The summed E-state index contributed by atoms with van der Waals surface area (Å²) in [5, 5.41) is 7.15. The van der Waals surface area contributed by atoms with Gasteiger partial charge >= 0.3 is 6.03 Å². The highest BCUT2D eigenvalue weighted by Gasteiger charge is 2.30. The van der Waals surface area contributed by atoms with Crippen LogP contribution in [0.25, 0.3) is 0 Å². The number of carbonyl (C=O) groups excluding carboxylic acids is 1. The van der Waals surface area contributed by atoms with Gasteiger partial charge in [0.1, 0.15) is 0 Å². The Hall–Kier alpha value is -2.61. The third kappa shape index (κ3) is 3.80. The Morgan fingerprint density at radius 3 is 2.46 bits per heavy atom. The maximum Gasteiger partial charge on any atom is 0.320 e. The molecular weight excluding hydrogens is 334 g/mol. The summed E-state index contributed by atoms with van der Waals surface area (Å²) in [5.41, 5.74) is 0.922. The molecule has 0 atom stereocenters. The summed E-state index contributed by atoms with van der Waals surface area (Å²) in [6.07, 6.45) is 1.67. The Labute approximate surface area is 152 Å². The molecule has 3 heterocycles. The fraction of sp³-hybridized carbons (Fsp3) is 0.500. The molecule has 26 heavy (non-hydrogen) atoms. The number of rotatable bonds is 3. The maximum atomic E-state index is 12.5. The van der Waals surface area contributed by atoms with Crippen molar-refractivity contribution in [2.24, 2.45) is 0 Å². The predicted octanol–water partition coefficient (Wildman–Crippen LogP) is 2.44. The van der Waals surface area contributed by atoms with Crippen molar-refractivity contribution in [2.75, 3.05) is 44.7 Å². The van der Waals surface area contributed by atoms with Gasteiger partial charge in [-0.05, 0) is 30.1 Å². The number of aromatic nitrogens is 2. The average molecular weight is 357 g/mol. The highest BCUT2D eigenvalue weighted by atomic mass is 16.5. The number of carbonyl (C=O) groups is 1. The largest absolute Gasteiger partial charge is 0.378 e. The molecule has 2 aromatic rings. The van der Waals surface area contributed by atoms with Crippen molar-refractivity contribution in [3.8, 4) is 0 Å². The lowest BCUT2D eigenvalue weighted by atomic mass is 9.97. The van der Waals surface area contributed by atoms with Crippen LogP contribution >= 0.6 is 0 Å². The number of anilines is 2. The fourth-order valence-corrected chi connectivity index (χ4v) is 3.37. The average Bonchev–Trinajstić information content (AvgIpc) is 3.17. The molecule has 0 radical (unpaired) electrons. The second kappa shape index (κ2) is 7.74. The predicted molar refractivity (Wildman–Crippen MR) is 95.4 cm³/mol. The Bertz CT molecular complexity index is 721. The van der Waals surface area contributed by atoms with Crippen LogP contribution in [-0.4, -0.2) is 65.4 Å². The van der Waals surface area contributed by atoms with E-state index in [1.807, 2.05) is 40.1 Å². The topological polar surface area (TPSA) is 83.7 Å². The first-order valence-electron chi connectivity index (χ1n) is 9.07. The molecule has 2 saturated heterocycles. The number of piperidine rings is 1. The van der Waals surface area contributed by atoms with Crippen molar-refractivity contribution in [1.29, 1.82) is 0 Å². The third-order valence-electron chi connectivity index (χ3n) is 4.87. The molecule has 0 spiro atoms. The zero-order chi connectivity index (χ0) is 17.8. The normalized spacial score (nSPS) is 18.8. The molecule has 1 aromatic carbocycles. The van der Waals surface area contributed by atoms with Gasteiger partial charge in [0.25, 0.3) is 5.95 Å². The molecule has 0 saturated carbocycles. The van der Waals surface area contributed by atoms with Gasteiger partial charge in [0.2, 0.25) is 5.89 Å². The van der Waals surface area contributed by atoms with Crippen LogP contribution < -0.4 is 5.32 Å². The second-order valence-electron chi connectivity index (χ2n) is 6.59.